The lowest BCUT2D eigenvalue weighted by Gasteiger charge is -2.22. The summed E-state index contributed by atoms with van der Waals surface area (Å²) in [6.07, 6.45) is 5.10. The largest absolute Gasteiger partial charge is 0.481 e. The number of nitrogens with one attached hydrogen (secondary N) is 1. The predicted molar refractivity (Wildman–Crippen MR) is 61.9 cm³/mol. The molecule has 3 rings (SSSR count). The SMILES string of the molecule is COc1cc(C2CCC2)nn1C1CCNC1. The first-order valence-corrected chi connectivity index (χ1v) is 6.22. The molecule has 1 N–H and O–H groups in total. The maximum Gasteiger partial charge on any atom is 0.212 e. The fourth-order valence-corrected chi connectivity index (χ4v) is 2.56. The van der Waals surface area contributed by atoms with E-state index in [1.807, 2.05) is 0 Å². The van der Waals surface area contributed by atoms with Gasteiger partial charge in [0.2, 0.25) is 5.88 Å². The number of rotatable bonds is 3. The van der Waals surface area contributed by atoms with Gasteiger partial charge in [-0.15, -0.1) is 0 Å². The van der Waals surface area contributed by atoms with Crippen molar-refractivity contribution in [2.24, 2.45) is 0 Å². The van der Waals surface area contributed by atoms with Crippen LogP contribution in [0.5, 0.6) is 5.88 Å². The Kier molecular flexibility index (Phi) is 2.59. The van der Waals surface area contributed by atoms with Crippen molar-refractivity contribution in [3.8, 4) is 5.88 Å². The Labute approximate surface area is 96.0 Å². The van der Waals surface area contributed by atoms with Gasteiger partial charge in [-0.2, -0.15) is 5.10 Å². The molecule has 2 heterocycles. The van der Waals surface area contributed by atoms with Gasteiger partial charge in [-0.3, -0.25) is 0 Å². The molecule has 1 saturated carbocycles. The first-order chi connectivity index (χ1) is 7.88. The van der Waals surface area contributed by atoms with E-state index in [0.717, 1.165) is 25.4 Å². The van der Waals surface area contributed by atoms with Crippen molar-refractivity contribution in [3.63, 3.8) is 0 Å². The van der Waals surface area contributed by atoms with E-state index < -0.39 is 0 Å². The number of ether oxygens (including phenoxy) is 1. The summed E-state index contributed by atoms with van der Waals surface area (Å²) in [5.41, 5.74) is 1.23. The second kappa shape index (κ2) is 4.09. The lowest BCUT2D eigenvalue weighted by atomic mass is 9.83. The topological polar surface area (TPSA) is 39.1 Å². The summed E-state index contributed by atoms with van der Waals surface area (Å²) in [4.78, 5) is 0. The second-order valence-corrected chi connectivity index (χ2v) is 4.83. The summed E-state index contributed by atoms with van der Waals surface area (Å²) in [6, 6.07) is 2.60. The maximum atomic E-state index is 5.43. The van der Waals surface area contributed by atoms with E-state index in [-0.39, 0.29) is 0 Å². The monoisotopic (exact) mass is 221 g/mol. The molecule has 0 bridgehead atoms. The Morgan fingerprint density at radius 1 is 1.44 bits per heavy atom. The zero-order valence-corrected chi connectivity index (χ0v) is 9.78. The summed E-state index contributed by atoms with van der Waals surface area (Å²) in [5.74, 6) is 1.61. The minimum Gasteiger partial charge on any atom is -0.481 e. The number of methoxy groups -OCH3 is 1. The third kappa shape index (κ3) is 1.61. The van der Waals surface area contributed by atoms with E-state index in [9.17, 15) is 0 Å². The minimum atomic E-state index is 0.476. The van der Waals surface area contributed by atoms with Gasteiger partial charge in [0.05, 0.1) is 18.8 Å². The van der Waals surface area contributed by atoms with Gasteiger partial charge in [0.15, 0.2) is 0 Å². The first kappa shape index (κ1) is 10.1. The fourth-order valence-electron chi connectivity index (χ4n) is 2.56. The zero-order chi connectivity index (χ0) is 11.0. The fraction of sp³-hybridized carbons (Fsp3) is 0.750. The lowest BCUT2D eigenvalue weighted by molar-refractivity contribution is 0.335. The van der Waals surface area contributed by atoms with E-state index in [2.05, 4.69) is 16.1 Å². The second-order valence-electron chi connectivity index (χ2n) is 4.83. The van der Waals surface area contributed by atoms with Crippen molar-refractivity contribution in [1.82, 2.24) is 15.1 Å². The lowest BCUT2D eigenvalue weighted by Crippen LogP contribution is -2.16. The van der Waals surface area contributed by atoms with Gasteiger partial charge >= 0.3 is 0 Å². The summed E-state index contributed by atoms with van der Waals surface area (Å²) < 4.78 is 7.51. The van der Waals surface area contributed by atoms with Gasteiger partial charge in [-0.1, -0.05) is 6.42 Å². The third-order valence-electron chi connectivity index (χ3n) is 3.83. The van der Waals surface area contributed by atoms with E-state index in [4.69, 9.17) is 9.84 Å². The van der Waals surface area contributed by atoms with Crippen molar-refractivity contribution >= 4 is 0 Å². The summed E-state index contributed by atoms with van der Waals surface area (Å²) >= 11 is 0. The van der Waals surface area contributed by atoms with Gasteiger partial charge in [0.25, 0.3) is 0 Å². The Morgan fingerprint density at radius 2 is 2.31 bits per heavy atom. The molecule has 1 aliphatic heterocycles. The quantitative estimate of drug-likeness (QED) is 0.844. The summed E-state index contributed by atoms with van der Waals surface area (Å²) in [7, 11) is 1.74. The van der Waals surface area contributed by atoms with Gasteiger partial charge in [0.1, 0.15) is 0 Å². The van der Waals surface area contributed by atoms with Gasteiger partial charge in [0, 0.05) is 18.5 Å². The zero-order valence-electron chi connectivity index (χ0n) is 9.78. The van der Waals surface area contributed by atoms with Crippen LogP contribution in [-0.2, 0) is 0 Å². The van der Waals surface area contributed by atoms with Crippen molar-refractivity contribution < 1.29 is 4.74 Å². The van der Waals surface area contributed by atoms with E-state index in [1.54, 1.807) is 7.11 Å². The Hall–Kier alpha value is -1.03. The molecule has 2 aliphatic rings. The van der Waals surface area contributed by atoms with Gasteiger partial charge in [-0.05, 0) is 25.8 Å². The number of nitrogens with zero attached hydrogens (tertiary/aromatic N) is 2. The van der Waals surface area contributed by atoms with E-state index >= 15 is 0 Å². The van der Waals surface area contributed by atoms with Crippen LogP contribution in [0.15, 0.2) is 6.07 Å². The highest BCUT2D eigenvalue weighted by Gasteiger charge is 2.26. The van der Waals surface area contributed by atoms with Crippen molar-refractivity contribution in [1.29, 1.82) is 0 Å². The van der Waals surface area contributed by atoms with Crippen LogP contribution >= 0.6 is 0 Å². The minimum absolute atomic E-state index is 0.476. The van der Waals surface area contributed by atoms with Crippen molar-refractivity contribution in [2.75, 3.05) is 20.2 Å². The molecule has 0 aromatic carbocycles. The molecule has 1 aromatic heterocycles. The van der Waals surface area contributed by atoms with Crippen molar-refractivity contribution in [2.45, 2.75) is 37.6 Å². The molecule has 16 heavy (non-hydrogen) atoms. The van der Waals surface area contributed by atoms with Crippen LogP contribution < -0.4 is 10.1 Å². The average Bonchev–Trinajstić information content (AvgIpc) is 2.80. The molecule has 1 atom stereocenters. The average molecular weight is 221 g/mol. The predicted octanol–water partition coefficient (Wildman–Crippen LogP) is 1.69. The van der Waals surface area contributed by atoms with Crippen LogP contribution in [0.3, 0.4) is 0 Å². The van der Waals surface area contributed by atoms with E-state index in [0.29, 0.717) is 12.0 Å². The molecule has 1 unspecified atom stereocenters. The molecule has 0 amide bonds. The molecule has 0 spiro atoms. The Morgan fingerprint density at radius 3 is 2.88 bits per heavy atom. The Balaban J connectivity index is 1.86. The third-order valence-corrected chi connectivity index (χ3v) is 3.83. The summed E-state index contributed by atoms with van der Waals surface area (Å²) in [5, 5.41) is 8.11. The highest BCUT2D eigenvalue weighted by molar-refractivity contribution is 5.22. The highest BCUT2D eigenvalue weighted by Crippen LogP contribution is 2.37. The van der Waals surface area contributed by atoms with E-state index in [1.165, 1.54) is 25.0 Å². The van der Waals surface area contributed by atoms with Crippen LogP contribution in [-0.4, -0.2) is 30.0 Å². The first-order valence-electron chi connectivity index (χ1n) is 6.22. The molecule has 88 valence electrons. The molecule has 1 aliphatic carbocycles. The molecular weight excluding hydrogens is 202 g/mol. The van der Waals surface area contributed by atoms with Crippen LogP contribution in [0, 0.1) is 0 Å². The number of aromatic nitrogens is 2. The number of hydrogen-bond acceptors (Lipinski definition) is 3. The van der Waals surface area contributed by atoms with Crippen LogP contribution in [0.4, 0.5) is 0 Å². The Bertz CT molecular complexity index is 364. The number of hydrogen-bond donors (Lipinski definition) is 1. The normalized spacial score (nSPS) is 25.7. The van der Waals surface area contributed by atoms with Crippen LogP contribution in [0.25, 0.3) is 0 Å². The molecular formula is C12H19N3O. The standard InChI is InChI=1S/C12H19N3O/c1-16-12-7-11(9-3-2-4-9)14-15(12)10-5-6-13-8-10/h7,9-10,13H,2-6,8H2,1H3. The summed E-state index contributed by atoms with van der Waals surface area (Å²) in [6.45, 7) is 2.11. The van der Waals surface area contributed by atoms with Gasteiger partial charge in [-0.25, -0.2) is 4.68 Å². The molecule has 4 nitrogen and oxygen atoms in total. The smallest absolute Gasteiger partial charge is 0.212 e. The molecule has 4 heteroatoms. The van der Waals surface area contributed by atoms with Gasteiger partial charge < -0.3 is 10.1 Å². The molecule has 0 radical (unpaired) electrons. The highest BCUT2D eigenvalue weighted by atomic mass is 16.5. The van der Waals surface area contributed by atoms with Crippen LogP contribution in [0.1, 0.15) is 43.3 Å². The van der Waals surface area contributed by atoms with Crippen LogP contribution in [0.2, 0.25) is 0 Å². The molecule has 1 aromatic rings. The maximum absolute atomic E-state index is 5.43. The van der Waals surface area contributed by atoms with Crippen molar-refractivity contribution in [3.05, 3.63) is 11.8 Å². The molecule has 1 saturated heterocycles. The molecule has 2 fully saturated rings.